The third-order valence-electron chi connectivity index (χ3n) is 13.0. The monoisotopic (exact) mass is 739 g/mol. The van der Waals surface area contributed by atoms with Gasteiger partial charge in [-0.25, -0.2) is 0 Å². The second-order valence-corrected chi connectivity index (χ2v) is 16.8. The molecular weight excluding hydrogens is 695 g/mol. The fraction of sp³-hybridized carbons (Fsp3) is 0.167. The summed E-state index contributed by atoms with van der Waals surface area (Å²) in [6, 6.07) is 53.6. The van der Waals surface area contributed by atoms with Gasteiger partial charge in [0.15, 0.2) is 5.78 Å². The van der Waals surface area contributed by atoms with Crippen molar-refractivity contribution in [3.8, 4) is 22.3 Å². The minimum atomic E-state index is -0.157. The van der Waals surface area contributed by atoms with Gasteiger partial charge in [0, 0.05) is 27.6 Å². The molecule has 0 unspecified atom stereocenters. The van der Waals surface area contributed by atoms with Crippen molar-refractivity contribution in [3.63, 3.8) is 0 Å². The maximum absolute atomic E-state index is 13.3. The first-order chi connectivity index (χ1) is 27.5. The molecule has 8 aromatic carbocycles. The van der Waals surface area contributed by atoms with E-state index in [1.165, 1.54) is 44.5 Å². The first-order valence-electron chi connectivity index (χ1n) is 19.9. The maximum Gasteiger partial charge on any atom is 0.163 e. The zero-order valence-corrected chi connectivity index (χ0v) is 33.6. The Morgan fingerprint density at radius 1 is 0.474 bits per heavy atom. The van der Waals surface area contributed by atoms with E-state index < -0.39 is 0 Å². The standard InChI is InChI=1S/C54H45NO2/c1-32(56)52(33(2)57-7)46-30-44-38-18-10-11-21-43(38)51(31-45(44)36-16-8-9-17-37(36)46)55(34-24-26-41-39-19-12-14-22-47(39)53(3,4)49(41)28-34)35-25-27-42-40-20-13-15-23-48(40)54(5,6)50(42)29-35/h8-31H,1-7H3/b52-33+. The molecule has 0 aliphatic heterocycles. The van der Waals surface area contributed by atoms with E-state index in [0.717, 1.165) is 54.9 Å². The summed E-state index contributed by atoms with van der Waals surface area (Å²) in [6.45, 7) is 12.9. The molecule has 0 N–H and O–H groups in total. The van der Waals surface area contributed by atoms with Crippen LogP contribution >= 0.6 is 0 Å². The highest BCUT2D eigenvalue weighted by Crippen LogP contribution is 2.54. The van der Waals surface area contributed by atoms with Gasteiger partial charge in [0.1, 0.15) is 5.76 Å². The quantitative estimate of drug-likeness (QED) is 0.0966. The van der Waals surface area contributed by atoms with E-state index in [-0.39, 0.29) is 16.6 Å². The molecule has 0 bridgehead atoms. The van der Waals surface area contributed by atoms with Crippen molar-refractivity contribution in [1.82, 2.24) is 0 Å². The van der Waals surface area contributed by atoms with Crippen LogP contribution in [0.4, 0.5) is 17.1 Å². The van der Waals surface area contributed by atoms with Gasteiger partial charge in [-0.3, -0.25) is 4.79 Å². The van der Waals surface area contributed by atoms with Crippen molar-refractivity contribution in [2.24, 2.45) is 0 Å². The number of anilines is 3. The summed E-state index contributed by atoms with van der Waals surface area (Å²) in [6.07, 6.45) is 0. The summed E-state index contributed by atoms with van der Waals surface area (Å²) in [5, 5.41) is 6.61. The van der Waals surface area contributed by atoms with Crippen molar-refractivity contribution in [1.29, 1.82) is 0 Å². The molecular formula is C54H45NO2. The smallest absolute Gasteiger partial charge is 0.163 e. The number of benzene rings is 8. The van der Waals surface area contributed by atoms with Gasteiger partial charge in [0.2, 0.25) is 0 Å². The van der Waals surface area contributed by atoms with Crippen LogP contribution in [0.1, 0.15) is 69.4 Å². The van der Waals surface area contributed by atoms with Crippen molar-refractivity contribution >= 4 is 60.7 Å². The number of allylic oxidation sites excluding steroid dienone is 2. The average Bonchev–Trinajstić information content (AvgIpc) is 3.60. The normalized spacial score (nSPS) is 14.9. The van der Waals surface area contributed by atoms with Crippen molar-refractivity contribution in [3.05, 3.63) is 179 Å². The van der Waals surface area contributed by atoms with Gasteiger partial charge in [-0.2, -0.15) is 0 Å². The molecule has 57 heavy (non-hydrogen) atoms. The highest BCUT2D eigenvalue weighted by Gasteiger charge is 2.38. The number of nitrogens with zero attached hydrogens (tertiary/aromatic N) is 1. The fourth-order valence-corrected chi connectivity index (χ4v) is 10.1. The van der Waals surface area contributed by atoms with Gasteiger partial charge in [-0.1, -0.05) is 137 Å². The molecule has 8 aromatic rings. The Hall–Kier alpha value is -6.45. The number of rotatable bonds is 6. The predicted molar refractivity (Wildman–Crippen MR) is 239 cm³/mol. The lowest BCUT2D eigenvalue weighted by molar-refractivity contribution is -0.111. The highest BCUT2D eigenvalue weighted by atomic mass is 16.5. The van der Waals surface area contributed by atoms with E-state index in [0.29, 0.717) is 11.3 Å². The molecule has 0 aromatic heterocycles. The number of carbonyl (C=O) groups is 1. The number of methoxy groups -OCH3 is 1. The molecule has 0 amide bonds. The molecule has 278 valence electrons. The molecule has 2 aliphatic rings. The van der Waals surface area contributed by atoms with Gasteiger partial charge in [0.25, 0.3) is 0 Å². The Balaban J connectivity index is 1.29. The second kappa shape index (κ2) is 12.5. The van der Waals surface area contributed by atoms with E-state index in [4.69, 9.17) is 4.74 Å². The fourth-order valence-electron chi connectivity index (χ4n) is 10.1. The molecule has 2 aliphatic carbocycles. The zero-order chi connectivity index (χ0) is 39.4. The van der Waals surface area contributed by atoms with E-state index in [9.17, 15) is 4.79 Å². The van der Waals surface area contributed by atoms with Gasteiger partial charge in [-0.15, -0.1) is 0 Å². The van der Waals surface area contributed by atoms with E-state index in [1.807, 2.05) is 6.92 Å². The molecule has 3 nitrogen and oxygen atoms in total. The molecule has 0 radical (unpaired) electrons. The highest BCUT2D eigenvalue weighted by molar-refractivity contribution is 6.29. The third kappa shape index (κ3) is 5.01. The molecule has 0 fully saturated rings. The minimum Gasteiger partial charge on any atom is -0.501 e. The summed E-state index contributed by atoms with van der Waals surface area (Å²) in [7, 11) is 1.63. The predicted octanol–water partition coefficient (Wildman–Crippen LogP) is 14.2. The summed E-state index contributed by atoms with van der Waals surface area (Å²) < 4.78 is 5.71. The number of hydrogen-bond acceptors (Lipinski definition) is 3. The van der Waals surface area contributed by atoms with E-state index >= 15 is 0 Å². The van der Waals surface area contributed by atoms with E-state index in [1.54, 1.807) is 14.0 Å². The lowest BCUT2D eigenvalue weighted by Gasteiger charge is -2.31. The van der Waals surface area contributed by atoms with Crippen molar-refractivity contribution in [2.45, 2.75) is 52.4 Å². The van der Waals surface area contributed by atoms with Gasteiger partial charge in [0.05, 0.1) is 18.4 Å². The van der Waals surface area contributed by atoms with Crippen LogP contribution in [0.15, 0.2) is 151 Å². The SMILES string of the molecule is CO/C(C)=C(\C(C)=O)c1cc2c3ccccc3c(N(c3ccc4c(c3)C(C)(C)c3ccccc3-4)c3ccc4c(c3)C(C)(C)c3ccccc3-4)cc2c2ccccc12. The summed E-state index contributed by atoms with van der Waals surface area (Å²) in [5.41, 5.74) is 15.1. The lowest BCUT2D eigenvalue weighted by atomic mass is 9.82. The number of ketones is 1. The third-order valence-corrected chi connectivity index (χ3v) is 13.0. The summed E-state index contributed by atoms with van der Waals surface area (Å²) in [4.78, 5) is 15.8. The summed E-state index contributed by atoms with van der Waals surface area (Å²) in [5.74, 6) is 0.594. The molecule has 0 heterocycles. The van der Waals surface area contributed by atoms with Crippen molar-refractivity contribution in [2.75, 3.05) is 12.0 Å². The van der Waals surface area contributed by atoms with E-state index in [2.05, 4.69) is 178 Å². The maximum atomic E-state index is 13.3. The van der Waals surface area contributed by atoms with Crippen LogP contribution in [0.5, 0.6) is 0 Å². The summed E-state index contributed by atoms with van der Waals surface area (Å²) >= 11 is 0. The zero-order valence-electron chi connectivity index (χ0n) is 33.6. The molecule has 0 saturated heterocycles. The number of fused-ring (bicyclic) bond motifs is 11. The first-order valence-corrected chi connectivity index (χ1v) is 19.9. The Morgan fingerprint density at radius 3 is 1.44 bits per heavy atom. The van der Waals surface area contributed by atoms with Crippen LogP contribution in [0.25, 0.3) is 60.1 Å². The van der Waals surface area contributed by atoms with Crippen molar-refractivity contribution < 1.29 is 9.53 Å². The Bertz CT molecular complexity index is 2950. The Kier molecular flexibility index (Phi) is 7.69. The number of ether oxygens (including phenoxy) is 1. The molecule has 3 heteroatoms. The van der Waals surface area contributed by atoms with Crippen LogP contribution in [0, 0.1) is 0 Å². The average molecular weight is 740 g/mol. The lowest BCUT2D eigenvalue weighted by Crippen LogP contribution is -2.18. The molecule has 0 atom stereocenters. The number of carbonyl (C=O) groups excluding carboxylic acids is 1. The van der Waals surface area contributed by atoms with Crippen LogP contribution in [0.2, 0.25) is 0 Å². The number of Topliss-reactive ketones (excluding diaryl/α,β-unsaturated/α-hetero) is 1. The molecule has 0 saturated carbocycles. The Morgan fingerprint density at radius 2 is 0.912 bits per heavy atom. The number of hydrogen-bond donors (Lipinski definition) is 0. The van der Waals surface area contributed by atoms with Crippen LogP contribution in [0.3, 0.4) is 0 Å². The topological polar surface area (TPSA) is 29.5 Å². The second-order valence-electron chi connectivity index (χ2n) is 16.8. The van der Waals surface area contributed by atoms with Gasteiger partial charge < -0.3 is 9.64 Å². The first kappa shape index (κ1) is 35.0. The minimum absolute atomic E-state index is 0.0191. The van der Waals surface area contributed by atoms with Gasteiger partial charge >= 0.3 is 0 Å². The van der Waals surface area contributed by atoms with Crippen LogP contribution in [-0.4, -0.2) is 12.9 Å². The van der Waals surface area contributed by atoms with Gasteiger partial charge in [-0.05, 0) is 127 Å². The molecule has 10 rings (SSSR count). The Labute approximate surface area is 334 Å². The van der Waals surface area contributed by atoms with Crippen LogP contribution < -0.4 is 4.90 Å². The van der Waals surface area contributed by atoms with Crippen LogP contribution in [-0.2, 0) is 20.4 Å². The molecule has 0 spiro atoms. The largest absolute Gasteiger partial charge is 0.501 e.